The third-order valence-electron chi connectivity index (χ3n) is 1.08. The van der Waals surface area contributed by atoms with Crippen LogP contribution < -0.4 is 0 Å². The molecule has 0 unspecified atom stereocenters. The largest absolute Gasteiger partial charge is 0.460 e. The molecule has 0 aliphatic carbocycles. The average molecular weight is 187 g/mol. The number of esters is 1. The van der Waals surface area contributed by atoms with E-state index in [0.29, 0.717) is 0 Å². The summed E-state index contributed by atoms with van der Waals surface area (Å²) in [5.41, 5.74) is 0.197. The van der Waals surface area contributed by atoms with Crippen LogP contribution in [0.15, 0.2) is 18.6 Å². The fourth-order valence-electron chi connectivity index (χ4n) is 0.610. The summed E-state index contributed by atoms with van der Waals surface area (Å²) in [6.45, 7) is 0.191. The molecule has 0 aliphatic heterocycles. The summed E-state index contributed by atoms with van der Waals surface area (Å²) in [7, 11) is 0. The third-order valence-corrected chi connectivity index (χ3v) is 1.24. The van der Waals surface area contributed by atoms with Gasteiger partial charge in [0, 0.05) is 12.4 Å². The van der Waals surface area contributed by atoms with E-state index in [2.05, 4.69) is 9.97 Å². The van der Waals surface area contributed by atoms with Gasteiger partial charge >= 0.3 is 5.97 Å². The Morgan fingerprint density at radius 1 is 1.58 bits per heavy atom. The van der Waals surface area contributed by atoms with Gasteiger partial charge in [-0.2, -0.15) is 0 Å². The second-order valence-corrected chi connectivity index (χ2v) is 2.29. The van der Waals surface area contributed by atoms with Crippen molar-refractivity contribution < 1.29 is 9.53 Å². The first kappa shape index (κ1) is 8.93. The van der Waals surface area contributed by atoms with E-state index in [9.17, 15) is 4.79 Å². The van der Waals surface area contributed by atoms with Crippen molar-refractivity contribution in [3.63, 3.8) is 0 Å². The second-order valence-electron chi connectivity index (χ2n) is 1.92. The molecule has 5 heteroatoms. The third kappa shape index (κ3) is 2.47. The smallest absolute Gasteiger partial charge is 0.358 e. The molecule has 0 amide bonds. The predicted octanol–water partition coefficient (Wildman–Crippen LogP) is 0.872. The summed E-state index contributed by atoms with van der Waals surface area (Å²) in [6.07, 6.45) is 4.26. The van der Waals surface area contributed by atoms with Crippen LogP contribution in [0, 0.1) is 0 Å². The van der Waals surface area contributed by atoms with Gasteiger partial charge in [-0.05, 0) is 0 Å². The molecule has 4 nitrogen and oxygen atoms in total. The fourth-order valence-corrected chi connectivity index (χ4v) is 0.687. The highest BCUT2D eigenvalue weighted by Crippen LogP contribution is 1.94. The lowest BCUT2D eigenvalue weighted by Crippen LogP contribution is -2.09. The Labute approximate surface area is 74.5 Å². The van der Waals surface area contributed by atoms with Crippen LogP contribution in [0.2, 0.25) is 0 Å². The zero-order chi connectivity index (χ0) is 8.81. The summed E-state index contributed by atoms with van der Waals surface area (Å²) in [6, 6.07) is 0. The number of carbonyl (C=O) groups is 1. The van der Waals surface area contributed by atoms with Gasteiger partial charge in [0.05, 0.1) is 12.1 Å². The zero-order valence-electron chi connectivity index (χ0n) is 6.24. The molecular weight excluding hydrogens is 180 g/mol. The van der Waals surface area contributed by atoms with E-state index in [4.69, 9.17) is 16.3 Å². The first-order chi connectivity index (χ1) is 5.84. The molecule has 1 aromatic rings. The lowest BCUT2D eigenvalue weighted by Gasteiger charge is -1.99. The molecule has 0 saturated carbocycles. The van der Waals surface area contributed by atoms with Gasteiger partial charge < -0.3 is 4.74 Å². The van der Waals surface area contributed by atoms with Gasteiger partial charge in [-0.15, -0.1) is 11.6 Å². The van der Waals surface area contributed by atoms with Gasteiger partial charge in [0.2, 0.25) is 0 Å². The van der Waals surface area contributed by atoms with Crippen LogP contribution in [0.4, 0.5) is 0 Å². The number of hydrogen-bond acceptors (Lipinski definition) is 4. The molecule has 1 heterocycles. The molecule has 0 spiro atoms. The molecule has 0 atom stereocenters. The van der Waals surface area contributed by atoms with Gasteiger partial charge in [-0.1, -0.05) is 0 Å². The topological polar surface area (TPSA) is 52.1 Å². The molecule has 1 aromatic heterocycles. The van der Waals surface area contributed by atoms with E-state index in [1.807, 2.05) is 0 Å². The van der Waals surface area contributed by atoms with Gasteiger partial charge in [-0.25, -0.2) is 9.78 Å². The first-order valence-electron chi connectivity index (χ1n) is 3.33. The molecule has 0 aliphatic rings. The van der Waals surface area contributed by atoms with Crippen molar-refractivity contribution in [3.8, 4) is 0 Å². The van der Waals surface area contributed by atoms with E-state index in [-0.39, 0.29) is 18.2 Å². The highest BCUT2D eigenvalue weighted by molar-refractivity contribution is 6.18. The number of nitrogens with zero attached hydrogens (tertiary/aromatic N) is 2. The predicted molar refractivity (Wildman–Crippen MR) is 43.0 cm³/mol. The Hall–Kier alpha value is -1.16. The minimum Gasteiger partial charge on any atom is -0.460 e. The standard InChI is InChI=1S/C7H7ClN2O2/c8-1-4-12-7(11)6-5-9-2-3-10-6/h2-3,5H,1,4H2. The number of alkyl halides is 1. The zero-order valence-corrected chi connectivity index (χ0v) is 6.99. The molecule has 0 fully saturated rings. The maximum Gasteiger partial charge on any atom is 0.358 e. The maximum absolute atomic E-state index is 11.0. The SMILES string of the molecule is O=C(OCCCl)c1cnccn1. The minimum atomic E-state index is -0.497. The molecule has 0 saturated heterocycles. The quantitative estimate of drug-likeness (QED) is 0.519. The van der Waals surface area contributed by atoms with Crippen molar-refractivity contribution >= 4 is 17.6 Å². The number of halogens is 1. The molecule has 0 radical (unpaired) electrons. The highest BCUT2D eigenvalue weighted by atomic mass is 35.5. The fraction of sp³-hybridized carbons (Fsp3) is 0.286. The Balaban J connectivity index is 2.54. The number of aromatic nitrogens is 2. The van der Waals surface area contributed by atoms with Crippen molar-refractivity contribution in [1.82, 2.24) is 9.97 Å². The molecule has 0 bridgehead atoms. The van der Waals surface area contributed by atoms with E-state index in [0.717, 1.165) is 0 Å². The Kier molecular flexibility index (Phi) is 3.47. The molecular formula is C7H7ClN2O2. The van der Waals surface area contributed by atoms with Crippen molar-refractivity contribution in [2.45, 2.75) is 0 Å². The van der Waals surface area contributed by atoms with Crippen LogP contribution in [0.25, 0.3) is 0 Å². The Morgan fingerprint density at radius 2 is 2.42 bits per heavy atom. The maximum atomic E-state index is 11.0. The molecule has 64 valence electrons. The van der Waals surface area contributed by atoms with Gasteiger partial charge in [-0.3, -0.25) is 4.98 Å². The monoisotopic (exact) mass is 186 g/mol. The molecule has 0 aromatic carbocycles. The van der Waals surface area contributed by atoms with Gasteiger partial charge in [0.25, 0.3) is 0 Å². The van der Waals surface area contributed by atoms with Crippen LogP contribution in [0.3, 0.4) is 0 Å². The lowest BCUT2D eigenvalue weighted by molar-refractivity contribution is 0.0521. The van der Waals surface area contributed by atoms with E-state index < -0.39 is 5.97 Å². The molecule has 1 rings (SSSR count). The molecule has 12 heavy (non-hydrogen) atoms. The summed E-state index contributed by atoms with van der Waals surface area (Å²) in [5.74, 6) is -0.213. The first-order valence-corrected chi connectivity index (χ1v) is 3.87. The van der Waals surface area contributed by atoms with E-state index >= 15 is 0 Å². The number of carbonyl (C=O) groups excluding carboxylic acids is 1. The normalized spacial score (nSPS) is 9.42. The van der Waals surface area contributed by atoms with Crippen LogP contribution in [-0.4, -0.2) is 28.4 Å². The van der Waals surface area contributed by atoms with Gasteiger partial charge in [0.15, 0.2) is 5.69 Å². The van der Waals surface area contributed by atoms with Crippen molar-refractivity contribution in [2.24, 2.45) is 0 Å². The minimum absolute atomic E-state index is 0.191. The summed E-state index contributed by atoms with van der Waals surface area (Å²) >= 11 is 5.32. The highest BCUT2D eigenvalue weighted by Gasteiger charge is 2.06. The summed E-state index contributed by atoms with van der Waals surface area (Å²) in [5, 5.41) is 0. The Bertz CT molecular complexity index is 253. The van der Waals surface area contributed by atoms with E-state index in [1.165, 1.54) is 18.6 Å². The Morgan fingerprint density at radius 3 is 3.00 bits per heavy atom. The lowest BCUT2D eigenvalue weighted by atomic mass is 10.5. The van der Waals surface area contributed by atoms with Gasteiger partial charge in [0.1, 0.15) is 6.61 Å². The van der Waals surface area contributed by atoms with Crippen molar-refractivity contribution in [1.29, 1.82) is 0 Å². The average Bonchev–Trinajstić information content (AvgIpc) is 2.15. The number of hydrogen-bond donors (Lipinski definition) is 0. The second kappa shape index (κ2) is 4.66. The summed E-state index contributed by atoms with van der Waals surface area (Å²) in [4.78, 5) is 18.5. The van der Waals surface area contributed by atoms with Crippen LogP contribution >= 0.6 is 11.6 Å². The van der Waals surface area contributed by atoms with Crippen LogP contribution in [0.1, 0.15) is 10.5 Å². The van der Waals surface area contributed by atoms with E-state index in [1.54, 1.807) is 0 Å². The number of ether oxygens (including phenoxy) is 1. The summed E-state index contributed by atoms with van der Waals surface area (Å²) < 4.78 is 4.70. The van der Waals surface area contributed by atoms with Crippen LogP contribution in [-0.2, 0) is 4.74 Å². The van der Waals surface area contributed by atoms with Crippen LogP contribution in [0.5, 0.6) is 0 Å². The van der Waals surface area contributed by atoms with Crippen molar-refractivity contribution in [2.75, 3.05) is 12.5 Å². The number of rotatable bonds is 3. The van der Waals surface area contributed by atoms with Crippen molar-refractivity contribution in [3.05, 3.63) is 24.3 Å². The molecule has 0 N–H and O–H groups in total.